The zero-order valence-electron chi connectivity index (χ0n) is 12.9. The van der Waals surface area contributed by atoms with Crippen molar-refractivity contribution in [3.05, 3.63) is 54.1 Å². The molecule has 0 unspecified atom stereocenters. The molecule has 0 saturated carbocycles. The van der Waals surface area contributed by atoms with E-state index in [0.29, 0.717) is 18.8 Å². The molecule has 0 radical (unpaired) electrons. The highest BCUT2D eigenvalue weighted by Crippen LogP contribution is 2.22. The van der Waals surface area contributed by atoms with E-state index in [1.54, 1.807) is 17.3 Å². The summed E-state index contributed by atoms with van der Waals surface area (Å²) >= 11 is 0. The van der Waals surface area contributed by atoms with Crippen LogP contribution in [-0.2, 0) is 0 Å². The molecular weight excluding hydrogens is 297 g/mol. The fourth-order valence-corrected chi connectivity index (χ4v) is 2.74. The molecule has 3 rings (SSSR count). The van der Waals surface area contributed by atoms with Gasteiger partial charge in [-0.1, -0.05) is 0 Å². The van der Waals surface area contributed by atoms with Crippen LogP contribution in [0.1, 0.15) is 10.4 Å². The quantitative estimate of drug-likeness (QED) is 0.871. The number of benzene rings is 1. The number of anilines is 1. The van der Waals surface area contributed by atoms with E-state index in [9.17, 15) is 9.18 Å². The molecule has 2 heterocycles. The van der Waals surface area contributed by atoms with Crippen LogP contribution < -0.4 is 9.64 Å². The zero-order valence-corrected chi connectivity index (χ0v) is 12.9. The molecule has 0 bridgehead atoms. The highest BCUT2D eigenvalue weighted by Gasteiger charge is 2.24. The van der Waals surface area contributed by atoms with Gasteiger partial charge in [0.1, 0.15) is 11.6 Å². The van der Waals surface area contributed by atoms with Crippen LogP contribution in [0.4, 0.5) is 10.1 Å². The van der Waals surface area contributed by atoms with Crippen molar-refractivity contribution in [3.8, 4) is 5.75 Å². The van der Waals surface area contributed by atoms with Crippen LogP contribution in [-0.4, -0.2) is 49.1 Å². The summed E-state index contributed by atoms with van der Waals surface area (Å²) in [5.41, 5.74) is 1.36. The molecular formula is C17H18FN3O2. The number of methoxy groups -OCH3 is 1. The second-order valence-electron chi connectivity index (χ2n) is 5.33. The number of rotatable bonds is 3. The van der Waals surface area contributed by atoms with Gasteiger partial charge in [-0.2, -0.15) is 0 Å². The Morgan fingerprint density at radius 3 is 2.48 bits per heavy atom. The van der Waals surface area contributed by atoms with E-state index in [1.807, 2.05) is 12.1 Å². The molecule has 0 spiro atoms. The van der Waals surface area contributed by atoms with Crippen LogP contribution in [0.25, 0.3) is 0 Å². The molecule has 0 aliphatic carbocycles. The lowest BCUT2D eigenvalue weighted by Crippen LogP contribution is -2.48. The Hall–Kier alpha value is -2.63. The van der Waals surface area contributed by atoms with Crippen molar-refractivity contribution >= 4 is 11.6 Å². The fraction of sp³-hybridized carbons (Fsp3) is 0.294. The number of amides is 1. The monoisotopic (exact) mass is 315 g/mol. The lowest BCUT2D eigenvalue weighted by Gasteiger charge is -2.36. The lowest BCUT2D eigenvalue weighted by molar-refractivity contribution is 0.0743. The van der Waals surface area contributed by atoms with Crippen molar-refractivity contribution in [2.24, 2.45) is 0 Å². The first-order valence-corrected chi connectivity index (χ1v) is 7.47. The maximum atomic E-state index is 13.5. The summed E-state index contributed by atoms with van der Waals surface area (Å²) < 4.78 is 18.6. The second-order valence-corrected chi connectivity index (χ2v) is 5.33. The standard InChI is InChI=1S/C17H18FN3O2/c1-23-16-3-2-13(18)12-15(16)17(22)21-10-8-20(9-11-21)14-4-6-19-7-5-14/h2-7,12H,8-11H2,1H3. The molecule has 1 amide bonds. The van der Waals surface area contributed by atoms with Gasteiger partial charge in [0, 0.05) is 44.3 Å². The first kappa shape index (κ1) is 15.3. The SMILES string of the molecule is COc1ccc(F)cc1C(=O)N1CCN(c2ccncc2)CC1. The molecule has 5 nitrogen and oxygen atoms in total. The zero-order chi connectivity index (χ0) is 16.2. The van der Waals surface area contributed by atoms with Gasteiger partial charge in [0.05, 0.1) is 12.7 Å². The van der Waals surface area contributed by atoms with Crippen molar-refractivity contribution in [3.63, 3.8) is 0 Å². The van der Waals surface area contributed by atoms with Crippen LogP contribution >= 0.6 is 0 Å². The third kappa shape index (κ3) is 3.26. The first-order chi connectivity index (χ1) is 11.2. The third-order valence-electron chi connectivity index (χ3n) is 3.99. The van der Waals surface area contributed by atoms with E-state index in [4.69, 9.17) is 4.74 Å². The Bertz CT molecular complexity index is 685. The summed E-state index contributed by atoms with van der Waals surface area (Å²) in [7, 11) is 1.48. The number of aromatic nitrogens is 1. The molecule has 1 aliphatic heterocycles. The van der Waals surface area contributed by atoms with Crippen molar-refractivity contribution in [2.45, 2.75) is 0 Å². The molecule has 1 aromatic heterocycles. The number of hydrogen-bond donors (Lipinski definition) is 0. The Labute approximate surface area is 134 Å². The molecule has 1 fully saturated rings. The van der Waals surface area contributed by atoms with Crippen LogP contribution in [0.3, 0.4) is 0 Å². The summed E-state index contributed by atoms with van der Waals surface area (Å²) in [6.45, 7) is 2.63. The molecule has 2 aromatic rings. The van der Waals surface area contributed by atoms with Gasteiger partial charge in [0.25, 0.3) is 5.91 Å². The number of carbonyl (C=O) groups is 1. The molecule has 120 valence electrons. The fourth-order valence-electron chi connectivity index (χ4n) is 2.74. The van der Waals surface area contributed by atoms with Gasteiger partial charge in [-0.25, -0.2) is 4.39 Å². The highest BCUT2D eigenvalue weighted by atomic mass is 19.1. The average Bonchev–Trinajstić information content (AvgIpc) is 2.62. The third-order valence-corrected chi connectivity index (χ3v) is 3.99. The summed E-state index contributed by atoms with van der Waals surface area (Å²) in [6.07, 6.45) is 3.51. The van der Waals surface area contributed by atoms with E-state index in [1.165, 1.54) is 25.3 Å². The van der Waals surface area contributed by atoms with E-state index >= 15 is 0 Å². The minimum atomic E-state index is -0.440. The van der Waals surface area contributed by atoms with Gasteiger partial charge >= 0.3 is 0 Å². The van der Waals surface area contributed by atoms with E-state index < -0.39 is 5.82 Å². The predicted octanol–water partition coefficient (Wildman–Crippen LogP) is 2.19. The van der Waals surface area contributed by atoms with E-state index in [-0.39, 0.29) is 11.5 Å². The normalized spacial score (nSPS) is 14.7. The van der Waals surface area contributed by atoms with Gasteiger partial charge in [-0.05, 0) is 30.3 Å². The Kier molecular flexibility index (Phi) is 4.41. The minimum absolute atomic E-state index is 0.198. The largest absolute Gasteiger partial charge is 0.496 e. The van der Waals surface area contributed by atoms with Crippen molar-refractivity contribution in [2.75, 3.05) is 38.2 Å². The van der Waals surface area contributed by atoms with Gasteiger partial charge in [-0.3, -0.25) is 9.78 Å². The number of ether oxygens (including phenoxy) is 1. The molecule has 1 aliphatic rings. The summed E-state index contributed by atoms with van der Waals surface area (Å²) in [5, 5.41) is 0. The summed E-state index contributed by atoms with van der Waals surface area (Å²) in [6, 6.07) is 7.91. The number of halogens is 1. The summed E-state index contributed by atoms with van der Waals surface area (Å²) in [5.74, 6) is -0.242. The predicted molar refractivity (Wildman–Crippen MR) is 85.3 cm³/mol. The smallest absolute Gasteiger partial charge is 0.257 e. The van der Waals surface area contributed by atoms with Crippen LogP contribution in [0.15, 0.2) is 42.7 Å². The Morgan fingerprint density at radius 1 is 1.13 bits per heavy atom. The van der Waals surface area contributed by atoms with Crippen molar-refractivity contribution < 1.29 is 13.9 Å². The Morgan fingerprint density at radius 2 is 1.83 bits per heavy atom. The first-order valence-electron chi connectivity index (χ1n) is 7.47. The number of pyridine rings is 1. The topological polar surface area (TPSA) is 45.7 Å². The van der Waals surface area contributed by atoms with Crippen LogP contribution in [0.5, 0.6) is 5.75 Å². The van der Waals surface area contributed by atoms with Crippen molar-refractivity contribution in [1.29, 1.82) is 0 Å². The molecule has 0 atom stereocenters. The number of nitrogens with zero attached hydrogens (tertiary/aromatic N) is 3. The summed E-state index contributed by atoms with van der Waals surface area (Å²) in [4.78, 5) is 20.6. The maximum absolute atomic E-state index is 13.5. The lowest BCUT2D eigenvalue weighted by atomic mass is 10.1. The molecule has 0 N–H and O–H groups in total. The molecule has 1 saturated heterocycles. The van der Waals surface area contributed by atoms with Crippen molar-refractivity contribution in [1.82, 2.24) is 9.88 Å². The highest BCUT2D eigenvalue weighted by molar-refractivity contribution is 5.97. The van der Waals surface area contributed by atoms with Gasteiger partial charge in [0.15, 0.2) is 0 Å². The van der Waals surface area contributed by atoms with Gasteiger partial charge < -0.3 is 14.5 Å². The van der Waals surface area contributed by atoms with Gasteiger partial charge in [0.2, 0.25) is 0 Å². The van der Waals surface area contributed by atoms with Crippen LogP contribution in [0, 0.1) is 5.82 Å². The Balaban J connectivity index is 1.70. The molecule has 23 heavy (non-hydrogen) atoms. The molecule has 6 heteroatoms. The second kappa shape index (κ2) is 6.64. The number of carbonyl (C=O) groups excluding carboxylic acids is 1. The van der Waals surface area contributed by atoms with E-state index in [2.05, 4.69) is 9.88 Å². The van der Waals surface area contributed by atoms with E-state index in [0.717, 1.165) is 18.8 Å². The van der Waals surface area contributed by atoms with Crippen LogP contribution in [0.2, 0.25) is 0 Å². The minimum Gasteiger partial charge on any atom is -0.496 e. The average molecular weight is 315 g/mol. The number of hydrogen-bond acceptors (Lipinski definition) is 4. The molecule has 1 aromatic carbocycles. The maximum Gasteiger partial charge on any atom is 0.257 e. The number of piperazine rings is 1. The van der Waals surface area contributed by atoms with Gasteiger partial charge in [-0.15, -0.1) is 0 Å².